The van der Waals surface area contributed by atoms with E-state index >= 15 is 0 Å². The molecule has 6 heteroatoms. The minimum atomic E-state index is -3.67. The van der Waals surface area contributed by atoms with Gasteiger partial charge in [0.15, 0.2) is 0 Å². The molecule has 15 heavy (non-hydrogen) atoms. The van der Waals surface area contributed by atoms with Crippen molar-refractivity contribution in [1.82, 2.24) is 9.97 Å². The summed E-state index contributed by atoms with van der Waals surface area (Å²) in [7, 11) is -3.67. The molecule has 0 radical (unpaired) electrons. The van der Waals surface area contributed by atoms with Gasteiger partial charge in [0.25, 0.3) is 0 Å². The first kappa shape index (κ1) is 11.5. The van der Waals surface area contributed by atoms with Crippen LogP contribution >= 0.6 is 0 Å². The molecular weight excluding hydrogens is 204 g/mol. The van der Waals surface area contributed by atoms with Crippen molar-refractivity contribution in [3.63, 3.8) is 0 Å². The zero-order valence-electron chi connectivity index (χ0n) is 7.88. The summed E-state index contributed by atoms with van der Waals surface area (Å²) in [5.74, 6) is 0. The van der Waals surface area contributed by atoms with E-state index in [-0.39, 0.29) is 0 Å². The second-order valence-corrected chi connectivity index (χ2v) is 2.81. The zero-order valence-corrected chi connectivity index (χ0v) is 7.88. The Balaban J connectivity index is 0.000000245. The summed E-state index contributed by atoms with van der Waals surface area (Å²) < 4.78 is 29.0. The normalized spacial score (nSPS) is 9.27. The van der Waals surface area contributed by atoms with Gasteiger partial charge in [-0.1, -0.05) is 0 Å². The minimum Gasteiger partial charge on any atom is -0.365 e. The summed E-state index contributed by atoms with van der Waals surface area (Å²) >= 11 is 0. The Morgan fingerprint density at radius 1 is 0.933 bits per heavy atom. The van der Waals surface area contributed by atoms with E-state index in [9.17, 15) is 12.9 Å². The average Bonchev–Trinajstić information content (AvgIpc) is 2.76. The van der Waals surface area contributed by atoms with Crippen LogP contribution in [0.4, 0.5) is 12.9 Å². The molecule has 0 spiro atoms. The van der Waals surface area contributed by atoms with Gasteiger partial charge in [-0.05, 0) is 24.3 Å². The fourth-order valence-corrected chi connectivity index (χ4v) is 1.16. The van der Waals surface area contributed by atoms with E-state index in [0.717, 1.165) is 6.42 Å². The third-order valence-electron chi connectivity index (χ3n) is 1.71. The number of aromatic nitrogens is 2. The van der Waals surface area contributed by atoms with Gasteiger partial charge >= 0.3 is 7.54 Å². The molecule has 2 aromatic heterocycles. The van der Waals surface area contributed by atoms with Crippen LogP contribution in [-0.4, -0.2) is 17.5 Å². The van der Waals surface area contributed by atoms with Crippen molar-refractivity contribution in [2.45, 2.75) is 6.42 Å². The van der Waals surface area contributed by atoms with Crippen LogP contribution in [0.15, 0.2) is 36.7 Å². The highest BCUT2D eigenvalue weighted by Crippen LogP contribution is 2.03. The molecule has 2 aromatic rings. The van der Waals surface area contributed by atoms with E-state index in [4.69, 9.17) is 0 Å². The summed E-state index contributed by atoms with van der Waals surface area (Å²) in [5, 5.41) is 0. The minimum absolute atomic E-state index is 0.958. The summed E-state index contributed by atoms with van der Waals surface area (Å²) in [5.41, 5.74) is 2.49. The van der Waals surface area contributed by atoms with Gasteiger partial charge in [0.1, 0.15) is 0 Å². The first-order chi connectivity index (χ1) is 7.18. The zero-order chi connectivity index (χ0) is 11.1. The molecule has 0 aliphatic rings. The number of halogens is 3. The number of hydrogen-bond acceptors (Lipinski definition) is 0. The molecule has 0 bridgehead atoms. The Morgan fingerprint density at radius 3 is 1.60 bits per heavy atom. The molecular formula is C9H10BF3N2. The smallest absolute Gasteiger partial charge is 0.365 e. The highest BCUT2D eigenvalue weighted by atomic mass is 19.4. The van der Waals surface area contributed by atoms with Gasteiger partial charge in [0.05, 0.1) is 0 Å². The number of H-pyrrole nitrogens is 2. The first-order valence-corrected chi connectivity index (χ1v) is 4.35. The van der Waals surface area contributed by atoms with Crippen LogP contribution in [0.1, 0.15) is 11.4 Å². The highest BCUT2D eigenvalue weighted by molar-refractivity contribution is 6.33. The SMILES string of the molecule is FB(F)F.c1c[nH]c(Cc2ccc[nH]2)c1. The van der Waals surface area contributed by atoms with E-state index < -0.39 is 7.54 Å². The molecule has 0 aromatic carbocycles. The van der Waals surface area contributed by atoms with Crippen molar-refractivity contribution in [2.75, 3.05) is 0 Å². The van der Waals surface area contributed by atoms with Gasteiger partial charge in [-0.15, -0.1) is 0 Å². The van der Waals surface area contributed by atoms with E-state index in [1.807, 2.05) is 24.5 Å². The molecule has 0 fully saturated rings. The van der Waals surface area contributed by atoms with Crippen LogP contribution < -0.4 is 0 Å². The molecule has 2 heterocycles. The molecule has 0 atom stereocenters. The van der Waals surface area contributed by atoms with Crippen LogP contribution in [0.5, 0.6) is 0 Å². The quantitative estimate of drug-likeness (QED) is 0.720. The summed E-state index contributed by atoms with van der Waals surface area (Å²) in [6, 6.07) is 8.19. The standard InChI is InChI=1S/C9H10N2.BF3/c1-3-8(10-5-1)7-9-4-2-6-11-9;2-1(3)4/h1-6,10-11H,7H2;. The van der Waals surface area contributed by atoms with Gasteiger partial charge in [-0.3, -0.25) is 12.9 Å². The predicted molar refractivity (Wildman–Crippen MR) is 53.5 cm³/mol. The molecule has 2 rings (SSSR count). The number of nitrogens with one attached hydrogen (secondary N) is 2. The van der Waals surface area contributed by atoms with Gasteiger partial charge < -0.3 is 9.97 Å². The Bertz CT molecular complexity index is 310. The monoisotopic (exact) mass is 214 g/mol. The van der Waals surface area contributed by atoms with Crippen molar-refractivity contribution in [2.24, 2.45) is 0 Å². The Labute approximate surface area is 85.7 Å². The van der Waals surface area contributed by atoms with Crippen LogP contribution in [0.3, 0.4) is 0 Å². The van der Waals surface area contributed by atoms with Gasteiger partial charge in [0.2, 0.25) is 0 Å². The van der Waals surface area contributed by atoms with E-state index in [1.165, 1.54) is 11.4 Å². The van der Waals surface area contributed by atoms with Crippen molar-refractivity contribution in [3.05, 3.63) is 48.0 Å². The lowest BCUT2D eigenvalue weighted by Gasteiger charge is -1.92. The van der Waals surface area contributed by atoms with Crippen molar-refractivity contribution in [1.29, 1.82) is 0 Å². The van der Waals surface area contributed by atoms with E-state index in [1.54, 1.807) is 0 Å². The fourth-order valence-electron chi connectivity index (χ4n) is 1.16. The maximum atomic E-state index is 9.67. The molecule has 2 N–H and O–H groups in total. The maximum absolute atomic E-state index is 9.67. The lowest BCUT2D eigenvalue weighted by atomic mass is 10.2. The topological polar surface area (TPSA) is 31.6 Å². The Hall–Kier alpha value is -1.59. The Kier molecular flexibility index (Phi) is 4.60. The Morgan fingerprint density at radius 2 is 1.33 bits per heavy atom. The molecule has 0 aliphatic carbocycles. The number of aromatic amines is 2. The lowest BCUT2D eigenvalue weighted by molar-refractivity contribution is 0.535. The summed E-state index contributed by atoms with van der Waals surface area (Å²) in [4.78, 5) is 6.31. The van der Waals surface area contributed by atoms with Gasteiger partial charge in [-0.25, -0.2) is 0 Å². The highest BCUT2D eigenvalue weighted by Gasteiger charge is 2.06. The van der Waals surface area contributed by atoms with Crippen molar-refractivity contribution < 1.29 is 12.9 Å². The van der Waals surface area contributed by atoms with Gasteiger partial charge in [-0.2, -0.15) is 0 Å². The predicted octanol–water partition coefficient (Wildman–Crippen LogP) is 2.81. The molecule has 0 unspecified atom stereocenters. The molecule has 0 saturated carbocycles. The summed E-state index contributed by atoms with van der Waals surface area (Å²) in [6.07, 6.45) is 4.84. The van der Waals surface area contributed by atoms with Crippen LogP contribution in [0, 0.1) is 0 Å². The van der Waals surface area contributed by atoms with E-state index in [2.05, 4.69) is 22.1 Å². The van der Waals surface area contributed by atoms with Crippen LogP contribution in [0.25, 0.3) is 0 Å². The average molecular weight is 214 g/mol. The second-order valence-electron chi connectivity index (χ2n) is 2.81. The largest absolute Gasteiger partial charge is 0.762 e. The van der Waals surface area contributed by atoms with Crippen LogP contribution in [0.2, 0.25) is 0 Å². The molecule has 0 saturated heterocycles. The number of rotatable bonds is 2. The third kappa shape index (κ3) is 5.00. The first-order valence-electron chi connectivity index (χ1n) is 4.35. The van der Waals surface area contributed by atoms with Gasteiger partial charge in [0, 0.05) is 30.2 Å². The molecule has 0 aliphatic heterocycles. The second kappa shape index (κ2) is 6.00. The molecule has 80 valence electrons. The maximum Gasteiger partial charge on any atom is 0.762 e. The van der Waals surface area contributed by atoms with Crippen molar-refractivity contribution >= 4 is 7.54 Å². The number of hydrogen-bond donors (Lipinski definition) is 2. The van der Waals surface area contributed by atoms with E-state index in [0.29, 0.717) is 0 Å². The third-order valence-corrected chi connectivity index (χ3v) is 1.71. The fraction of sp³-hybridized carbons (Fsp3) is 0.111. The van der Waals surface area contributed by atoms with Crippen molar-refractivity contribution in [3.8, 4) is 0 Å². The molecule has 2 nitrogen and oxygen atoms in total. The summed E-state index contributed by atoms with van der Waals surface area (Å²) in [6.45, 7) is 0. The lowest BCUT2D eigenvalue weighted by Crippen LogP contribution is -1.86. The molecule has 0 amide bonds. The van der Waals surface area contributed by atoms with Crippen LogP contribution in [-0.2, 0) is 6.42 Å².